The van der Waals surface area contributed by atoms with Crippen LogP contribution in [0.4, 0.5) is 13.5 Å². The van der Waals surface area contributed by atoms with Gasteiger partial charge >= 0.3 is 0 Å². The van der Waals surface area contributed by atoms with E-state index in [-0.39, 0.29) is 10.4 Å². The van der Waals surface area contributed by atoms with Crippen LogP contribution in [0.25, 0.3) is 0 Å². The molecule has 0 radical (unpaired) electrons. The summed E-state index contributed by atoms with van der Waals surface area (Å²) in [5.74, 6) is 0. The van der Waals surface area contributed by atoms with Crippen LogP contribution in [-0.2, 0) is 0 Å². The third kappa shape index (κ3) is 2.05. The highest BCUT2D eigenvalue weighted by atomic mass is 19.3. The molecule has 0 spiro atoms. The van der Waals surface area contributed by atoms with E-state index in [1.165, 1.54) is 18.3 Å². The minimum Gasteiger partial charge on any atom is -0.269 e. The fourth-order valence-electron chi connectivity index (χ4n) is 0.505. The molecule has 10 heavy (non-hydrogen) atoms. The number of rotatable bonds is 1. The van der Waals surface area contributed by atoms with Crippen molar-refractivity contribution in [2.24, 2.45) is 0 Å². The Morgan fingerprint density at radius 3 is 2.30 bits per heavy atom. The molecule has 1 aromatic rings. The van der Waals surface area contributed by atoms with Gasteiger partial charge in [-0.25, -0.2) is 8.78 Å². The van der Waals surface area contributed by atoms with Gasteiger partial charge in [0, 0.05) is 6.20 Å². The van der Waals surface area contributed by atoms with Crippen LogP contribution in [0.3, 0.4) is 0 Å². The van der Waals surface area contributed by atoms with Crippen molar-refractivity contribution in [1.29, 1.82) is 0 Å². The Balaban J connectivity index is 0.000000810. The Kier molecular flexibility index (Phi) is 3.46. The molecule has 0 unspecified atom stereocenters. The van der Waals surface area contributed by atoms with Gasteiger partial charge in [0.05, 0.1) is 0 Å². The molecular weight excluding hydrogens is 143 g/mol. The smallest absolute Gasteiger partial charge is 0.269 e. The topological polar surface area (TPSA) is 12.9 Å². The zero-order valence-electron chi connectivity index (χ0n) is 5.00. The van der Waals surface area contributed by atoms with Crippen LogP contribution in [0.2, 0.25) is 0 Å². The summed E-state index contributed by atoms with van der Waals surface area (Å²) in [5.41, 5.74) is -0.169. The summed E-state index contributed by atoms with van der Waals surface area (Å²) in [6.45, 7) is 0. The molecule has 0 fully saturated rings. The summed E-state index contributed by atoms with van der Waals surface area (Å²) in [6.07, 6.45) is -1.10. The molecular formula is C6H6F3N. The summed E-state index contributed by atoms with van der Waals surface area (Å²) >= 11 is 0. The van der Waals surface area contributed by atoms with Crippen molar-refractivity contribution in [1.82, 2.24) is 4.98 Å². The molecule has 0 bridgehead atoms. The number of alkyl halides is 2. The van der Waals surface area contributed by atoms with E-state index in [1.54, 1.807) is 6.07 Å². The van der Waals surface area contributed by atoms with E-state index < -0.39 is 6.43 Å². The Hall–Kier alpha value is -1.06. The van der Waals surface area contributed by atoms with E-state index in [1.807, 2.05) is 0 Å². The van der Waals surface area contributed by atoms with Crippen LogP contribution < -0.4 is 0 Å². The maximum absolute atomic E-state index is 11.7. The molecule has 1 aromatic heterocycles. The highest BCUT2D eigenvalue weighted by molar-refractivity contribution is 5.03. The minimum absolute atomic E-state index is 0. The molecule has 0 atom stereocenters. The summed E-state index contributed by atoms with van der Waals surface area (Å²) in [4.78, 5) is 3.43. The third-order valence-electron chi connectivity index (χ3n) is 0.911. The maximum atomic E-state index is 11.7. The highest BCUT2D eigenvalue weighted by Crippen LogP contribution is 2.13. The number of pyridine rings is 1. The molecule has 1 heterocycles. The number of aromatic nitrogens is 1. The predicted octanol–water partition coefficient (Wildman–Crippen LogP) is 2.17. The second-order valence-electron chi connectivity index (χ2n) is 1.56. The van der Waals surface area contributed by atoms with Gasteiger partial charge in [0.1, 0.15) is 5.69 Å². The monoisotopic (exact) mass is 149 g/mol. The number of halogens is 3. The van der Waals surface area contributed by atoms with Gasteiger partial charge in [-0.15, -0.1) is 0 Å². The second-order valence-corrected chi connectivity index (χ2v) is 1.56. The molecule has 4 heteroatoms. The lowest BCUT2D eigenvalue weighted by molar-refractivity contribution is 0.146. The fraction of sp³-hybridized carbons (Fsp3) is 0.167. The second kappa shape index (κ2) is 3.87. The standard InChI is InChI=1S/C6H5F2N.FH/c7-6(8)5-3-1-2-4-9-5;/h1-4,6H;1H. The Morgan fingerprint density at radius 1 is 1.30 bits per heavy atom. The molecule has 0 N–H and O–H groups in total. The number of nitrogens with zero attached hydrogens (tertiary/aromatic N) is 1. The van der Waals surface area contributed by atoms with E-state index in [4.69, 9.17) is 0 Å². The quantitative estimate of drug-likeness (QED) is 0.596. The van der Waals surface area contributed by atoms with Crippen molar-refractivity contribution >= 4 is 0 Å². The first-order valence-electron chi connectivity index (χ1n) is 2.50. The first-order chi connectivity index (χ1) is 4.30. The molecule has 0 saturated heterocycles. The Labute approximate surface area is 56.1 Å². The van der Waals surface area contributed by atoms with E-state index in [0.29, 0.717) is 0 Å². The average molecular weight is 149 g/mol. The fourth-order valence-corrected chi connectivity index (χ4v) is 0.505. The van der Waals surface area contributed by atoms with Crippen LogP contribution in [0.15, 0.2) is 24.4 Å². The first-order valence-corrected chi connectivity index (χ1v) is 2.50. The molecule has 0 aliphatic rings. The van der Waals surface area contributed by atoms with Crippen molar-refractivity contribution < 1.29 is 13.5 Å². The van der Waals surface area contributed by atoms with Gasteiger partial charge in [0.15, 0.2) is 0 Å². The highest BCUT2D eigenvalue weighted by Gasteiger charge is 2.04. The average Bonchev–Trinajstić information content (AvgIpc) is 1.90. The molecule has 0 amide bonds. The largest absolute Gasteiger partial charge is 0.280 e. The summed E-state index contributed by atoms with van der Waals surface area (Å²) in [6, 6.07) is 4.44. The zero-order valence-corrected chi connectivity index (χ0v) is 5.00. The molecule has 1 rings (SSSR count). The van der Waals surface area contributed by atoms with Gasteiger partial charge in [-0.3, -0.25) is 9.69 Å². The maximum Gasteiger partial charge on any atom is 0.280 e. The van der Waals surface area contributed by atoms with Crippen molar-refractivity contribution in [2.45, 2.75) is 6.43 Å². The van der Waals surface area contributed by atoms with Crippen LogP contribution >= 0.6 is 0 Å². The molecule has 0 saturated carbocycles. The molecule has 0 aliphatic carbocycles. The lowest BCUT2D eigenvalue weighted by atomic mass is 10.4. The van der Waals surface area contributed by atoms with Gasteiger partial charge < -0.3 is 0 Å². The molecule has 1 nitrogen and oxygen atoms in total. The zero-order chi connectivity index (χ0) is 6.69. The normalized spacial score (nSPS) is 9.10. The van der Waals surface area contributed by atoms with Crippen molar-refractivity contribution in [3.63, 3.8) is 0 Å². The summed E-state index contributed by atoms with van der Waals surface area (Å²) < 4.78 is 23.4. The van der Waals surface area contributed by atoms with Crippen molar-refractivity contribution in [3.05, 3.63) is 30.1 Å². The van der Waals surface area contributed by atoms with Gasteiger partial charge in [-0.2, -0.15) is 0 Å². The van der Waals surface area contributed by atoms with E-state index >= 15 is 0 Å². The van der Waals surface area contributed by atoms with Crippen molar-refractivity contribution in [2.75, 3.05) is 0 Å². The van der Waals surface area contributed by atoms with E-state index in [9.17, 15) is 8.78 Å². The molecule has 56 valence electrons. The van der Waals surface area contributed by atoms with E-state index in [2.05, 4.69) is 4.98 Å². The lowest BCUT2D eigenvalue weighted by Gasteiger charge is -1.93. The number of hydrogen-bond acceptors (Lipinski definition) is 1. The van der Waals surface area contributed by atoms with Gasteiger partial charge in [-0.05, 0) is 12.1 Å². The van der Waals surface area contributed by atoms with Crippen LogP contribution in [-0.4, -0.2) is 4.98 Å². The van der Waals surface area contributed by atoms with Crippen LogP contribution in [0.1, 0.15) is 12.1 Å². The first kappa shape index (κ1) is 8.94. The predicted molar refractivity (Wildman–Crippen MR) is 31.7 cm³/mol. The van der Waals surface area contributed by atoms with Gasteiger partial charge in [0.25, 0.3) is 6.43 Å². The molecule has 0 aromatic carbocycles. The third-order valence-corrected chi connectivity index (χ3v) is 0.911. The SMILES string of the molecule is F.FC(F)c1ccccn1. The van der Waals surface area contributed by atoms with Crippen LogP contribution in [0.5, 0.6) is 0 Å². The van der Waals surface area contributed by atoms with E-state index in [0.717, 1.165) is 0 Å². The molecule has 0 aliphatic heterocycles. The van der Waals surface area contributed by atoms with Crippen LogP contribution in [0, 0.1) is 0 Å². The Bertz CT molecular complexity index is 176. The minimum atomic E-state index is -2.45. The summed E-state index contributed by atoms with van der Waals surface area (Å²) in [5, 5.41) is 0. The van der Waals surface area contributed by atoms with Gasteiger partial charge in [-0.1, -0.05) is 6.07 Å². The summed E-state index contributed by atoms with van der Waals surface area (Å²) in [7, 11) is 0. The lowest BCUT2D eigenvalue weighted by Crippen LogP contribution is -1.85. The number of hydrogen-bond donors (Lipinski definition) is 0. The van der Waals surface area contributed by atoms with Gasteiger partial charge in [0.2, 0.25) is 0 Å². The van der Waals surface area contributed by atoms with Crippen molar-refractivity contribution in [3.8, 4) is 0 Å². The Morgan fingerprint density at radius 2 is 2.00 bits per heavy atom.